The van der Waals surface area contributed by atoms with Crippen molar-refractivity contribution in [3.8, 4) is 27.9 Å². The number of aryl methyl sites for hydroxylation is 2. The number of hydrogen-bond acceptors (Lipinski definition) is 2. The first kappa shape index (κ1) is 32.3. The third kappa shape index (κ3) is 6.43. The molecule has 7 aromatic carbocycles. The molecule has 0 unspecified atom stereocenters. The molecular weight excluding hydrogens is 643 g/mol. The van der Waals surface area contributed by atoms with Crippen molar-refractivity contribution in [1.82, 2.24) is 4.57 Å². The number of allylic oxidation sites excluding steroid dienone is 1. The Hall–Kier alpha value is -6.58. The van der Waals surface area contributed by atoms with Crippen LogP contribution in [-0.2, 0) is 6.42 Å². The van der Waals surface area contributed by atoms with E-state index in [0.29, 0.717) is 0 Å². The van der Waals surface area contributed by atoms with Gasteiger partial charge in [0.2, 0.25) is 0 Å². The summed E-state index contributed by atoms with van der Waals surface area (Å²) in [5, 5.41) is 2.51. The van der Waals surface area contributed by atoms with Gasteiger partial charge in [-0.15, -0.1) is 0 Å². The van der Waals surface area contributed by atoms with Gasteiger partial charge in [0.1, 0.15) is 5.84 Å². The minimum absolute atomic E-state index is 0.726. The standard InChI is InChI=1S/C50H39N3/c1-35-15-11-12-22-42(35)44-33-39(40-27-31-49-45(34-40)43-23-13-14-24-48(43)53(49)41-20-9-4-10-21-41)26-25-36(44)28-32-50-51-46(37-16-5-2-6-17-37)29-30-47(52-50)38-18-7-3-8-19-38/h2-27,29,31,33-34H,28,30,32H2,1H3. The highest BCUT2D eigenvalue weighted by Gasteiger charge is 2.17. The molecule has 0 radical (unpaired) electrons. The van der Waals surface area contributed by atoms with E-state index in [4.69, 9.17) is 9.98 Å². The second-order valence-corrected chi connectivity index (χ2v) is 13.7. The molecule has 1 aliphatic rings. The maximum Gasteiger partial charge on any atom is 0.129 e. The van der Waals surface area contributed by atoms with Crippen molar-refractivity contribution in [2.75, 3.05) is 0 Å². The predicted octanol–water partition coefficient (Wildman–Crippen LogP) is 12.7. The van der Waals surface area contributed by atoms with Gasteiger partial charge in [0, 0.05) is 29.3 Å². The van der Waals surface area contributed by atoms with Crippen LogP contribution in [0.1, 0.15) is 35.1 Å². The van der Waals surface area contributed by atoms with Crippen LogP contribution in [0.5, 0.6) is 0 Å². The number of para-hydroxylation sites is 2. The first-order valence-electron chi connectivity index (χ1n) is 18.4. The van der Waals surface area contributed by atoms with Gasteiger partial charge in [0.05, 0.1) is 22.4 Å². The summed E-state index contributed by atoms with van der Waals surface area (Å²) < 4.78 is 2.37. The smallest absolute Gasteiger partial charge is 0.129 e. The van der Waals surface area contributed by atoms with Crippen LogP contribution in [0.3, 0.4) is 0 Å². The van der Waals surface area contributed by atoms with Crippen LogP contribution in [-0.4, -0.2) is 16.1 Å². The van der Waals surface area contributed by atoms with Gasteiger partial charge in [-0.1, -0.05) is 146 Å². The monoisotopic (exact) mass is 681 g/mol. The Morgan fingerprint density at radius 3 is 1.92 bits per heavy atom. The highest BCUT2D eigenvalue weighted by atomic mass is 15.0. The minimum atomic E-state index is 0.726. The lowest BCUT2D eigenvalue weighted by Gasteiger charge is -2.15. The molecule has 2 heterocycles. The Bertz CT molecular complexity index is 2680. The van der Waals surface area contributed by atoms with E-state index < -0.39 is 0 Å². The van der Waals surface area contributed by atoms with Gasteiger partial charge in [-0.25, -0.2) is 9.98 Å². The van der Waals surface area contributed by atoms with E-state index in [1.807, 2.05) is 0 Å². The lowest BCUT2D eigenvalue weighted by Crippen LogP contribution is -2.05. The summed E-state index contributed by atoms with van der Waals surface area (Å²) in [5.74, 6) is 0.858. The Morgan fingerprint density at radius 1 is 0.491 bits per heavy atom. The van der Waals surface area contributed by atoms with E-state index in [1.54, 1.807) is 0 Å². The zero-order valence-electron chi connectivity index (χ0n) is 29.8. The van der Waals surface area contributed by atoms with Crippen LogP contribution in [0.2, 0.25) is 0 Å². The Morgan fingerprint density at radius 2 is 1.13 bits per heavy atom. The van der Waals surface area contributed by atoms with Crippen molar-refractivity contribution < 1.29 is 0 Å². The average Bonchev–Trinajstić information content (AvgIpc) is 3.39. The second-order valence-electron chi connectivity index (χ2n) is 13.7. The van der Waals surface area contributed by atoms with Crippen LogP contribution in [0.25, 0.3) is 55.4 Å². The van der Waals surface area contributed by atoms with Crippen molar-refractivity contribution in [3.05, 3.63) is 204 Å². The molecule has 8 aromatic rings. The van der Waals surface area contributed by atoms with E-state index in [2.05, 4.69) is 193 Å². The number of amidine groups is 1. The number of hydrogen-bond donors (Lipinski definition) is 0. The van der Waals surface area contributed by atoms with Gasteiger partial charge in [-0.3, -0.25) is 0 Å². The van der Waals surface area contributed by atoms with Crippen molar-refractivity contribution in [2.45, 2.75) is 26.2 Å². The molecule has 1 aromatic heterocycles. The first-order valence-corrected chi connectivity index (χ1v) is 18.4. The molecule has 0 aliphatic carbocycles. The van der Waals surface area contributed by atoms with Gasteiger partial charge in [-0.2, -0.15) is 0 Å². The summed E-state index contributed by atoms with van der Waals surface area (Å²) in [6.07, 6.45) is 4.50. The molecule has 0 fully saturated rings. The highest BCUT2D eigenvalue weighted by Crippen LogP contribution is 2.37. The van der Waals surface area contributed by atoms with Crippen molar-refractivity contribution >= 4 is 39.1 Å². The van der Waals surface area contributed by atoms with Crippen molar-refractivity contribution in [3.63, 3.8) is 0 Å². The number of fused-ring (bicyclic) bond motifs is 3. The molecule has 0 bridgehead atoms. The molecule has 53 heavy (non-hydrogen) atoms. The van der Waals surface area contributed by atoms with Crippen molar-refractivity contribution in [1.29, 1.82) is 0 Å². The SMILES string of the molecule is Cc1ccccc1-c1cc(-c2ccc3c(c2)c2ccccc2n3-c2ccccc2)ccc1CCC1=NC(c2ccccc2)=CCC(c2ccccc2)=N1. The first-order chi connectivity index (χ1) is 26.2. The second kappa shape index (κ2) is 14.2. The summed E-state index contributed by atoms with van der Waals surface area (Å²) in [4.78, 5) is 10.4. The Labute approximate surface area is 311 Å². The summed E-state index contributed by atoms with van der Waals surface area (Å²) >= 11 is 0. The lowest BCUT2D eigenvalue weighted by atomic mass is 9.90. The van der Waals surface area contributed by atoms with Gasteiger partial charge in [0.25, 0.3) is 0 Å². The number of nitrogens with zero attached hydrogens (tertiary/aromatic N) is 3. The van der Waals surface area contributed by atoms with Gasteiger partial charge in [0.15, 0.2) is 0 Å². The van der Waals surface area contributed by atoms with E-state index in [0.717, 1.165) is 47.6 Å². The summed E-state index contributed by atoms with van der Waals surface area (Å²) in [6.45, 7) is 2.21. The zero-order chi connectivity index (χ0) is 35.6. The van der Waals surface area contributed by atoms with Gasteiger partial charge in [-0.05, 0) is 94.3 Å². The number of benzene rings is 7. The normalized spacial score (nSPS) is 13.0. The Kier molecular flexibility index (Phi) is 8.67. The van der Waals surface area contributed by atoms with Crippen LogP contribution in [0.4, 0.5) is 0 Å². The van der Waals surface area contributed by atoms with E-state index in [1.165, 1.54) is 60.9 Å². The fraction of sp³-hybridized carbons (Fsp3) is 0.0800. The molecule has 3 nitrogen and oxygen atoms in total. The largest absolute Gasteiger partial charge is 0.309 e. The summed E-state index contributed by atoms with van der Waals surface area (Å²) in [5.41, 5.74) is 15.4. The molecule has 0 amide bonds. The Balaban J connectivity index is 1.11. The zero-order valence-corrected chi connectivity index (χ0v) is 29.8. The minimum Gasteiger partial charge on any atom is -0.309 e. The van der Waals surface area contributed by atoms with Crippen LogP contribution in [0.15, 0.2) is 192 Å². The van der Waals surface area contributed by atoms with E-state index >= 15 is 0 Å². The molecule has 0 saturated heterocycles. The molecular formula is C50H39N3. The molecule has 3 heteroatoms. The van der Waals surface area contributed by atoms with Crippen LogP contribution >= 0.6 is 0 Å². The lowest BCUT2D eigenvalue weighted by molar-refractivity contribution is 1.03. The maximum absolute atomic E-state index is 5.21. The van der Waals surface area contributed by atoms with E-state index in [9.17, 15) is 0 Å². The fourth-order valence-corrected chi connectivity index (χ4v) is 7.67. The molecule has 0 spiro atoms. The molecule has 0 atom stereocenters. The highest BCUT2D eigenvalue weighted by molar-refractivity contribution is 6.11. The van der Waals surface area contributed by atoms with E-state index in [-0.39, 0.29) is 0 Å². The third-order valence-electron chi connectivity index (χ3n) is 10.4. The maximum atomic E-state index is 5.21. The average molecular weight is 682 g/mol. The molecule has 254 valence electrons. The quantitative estimate of drug-likeness (QED) is 0.153. The third-order valence-corrected chi connectivity index (χ3v) is 10.4. The molecule has 1 aliphatic heterocycles. The summed E-state index contributed by atoms with van der Waals surface area (Å²) in [7, 11) is 0. The molecule has 0 saturated carbocycles. The van der Waals surface area contributed by atoms with Gasteiger partial charge >= 0.3 is 0 Å². The number of rotatable bonds is 8. The summed E-state index contributed by atoms with van der Waals surface area (Å²) in [6, 6.07) is 63.0. The topological polar surface area (TPSA) is 29.6 Å². The van der Waals surface area contributed by atoms with Crippen molar-refractivity contribution in [2.24, 2.45) is 9.98 Å². The fourth-order valence-electron chi connectivity index (χ4n) is 7.67. The molecule has 9 rings (SSSR count). The molecule has 0 N–H and O–H groups in total. The number of aromatic nitrogens is 1. The van der Waals surface area contributed by atoms with Gasteiger partial charge < -0.3 is 4.57 Å². The van der Waals surface area contributed by atoms with Crippen LogP contribution in [0, 0.1) is 6.92 Å². The predicted molar refractivity (Wildman–Crippen MR) is 224 cm³/mol. The van der Waals surface area contributed by atoms with Crippen LogP contribution < -0.4 is 0 Å². The number of aliphatic imine (C=N–C) groups is 2.